The van der Waals surface area contributed by atoms with Gasteiger partial charge in [0.15, 0.2) is 5.78 Å². The Hall–Kier alpha value is -0.400. The minimum absolute atomic E-state index is 0.491. The van der Waals surface area contributed by atoms with Crippen molar-refractivity contribution in [3.8, 4) is 0 Å². The molecule has 0 saturated carbocycles. The topological polar surface area (TPSA) is 17.1 Å². The average Bonchev–Trinajstić information content (AvgIpc) is 1.36. The van der Waals surface area contributed by atoms with Crippen LogP contribution in [0, 0.1) is 6.17 Å². The molecule has 6 heavy (non-hydrogen) atoms. The summed E-state index contributed by atoms with van der Waals surface area (Å²) in [4.78, 5) is 9.73. The van der Waals surface area contributed by atoms with Crippen molar-refractivity contribution in [2.75, 3.05) is 0 Å². The molecule has 0 bridgehead atoms. The maximum atomic E-state index is 11.4. The Morgan fingerprint density at radius 1 is 1.50 bits per heavy atom. The summed E-state index contributed by atoms with van der Waals surface area (Å²) in [5.74, 6) is -0.491. The fraction of sp³-hybridized carbons (Fsp3) is 0.500. The zero-order valence-electron chi connectivity index (χ0n) is 3.79. The largest absolute Gasteiger partial charge is 0.296 e. The molecule has 0 spiro atoms. The first-order chi connectivity index (χ1) is 2.64. The van der Waals surface area contributed by atoms with Crippen LogP contribution in [0.2, 0.25) is 0 Å². The van der Waals surface area contributed by atoms with Crippen LogP contribution >= 0.6 is 0 Å². The molecule has 0 aromatic rings. The van der Waals surface area contributed by atoms with E-state index in [1.807, 2.05) is 0 Å². The van der Waals surface area contributed by atoms with E-state index in [-0.39, 0.29) is 0 Å². The maximum absolute atomic E-state index is 11.4. The summed E-state index contributed by atoms with van der Waals surface area (Å²) in [6.45, 7) is 2.33. The first-order valence-electron chi connectivity index (χ1n) is 1.64. The Balaban J connectivity index is 3.26. The minimum atomic E-state index is -0.630. The van der Waals surface area contributed by atoms with E-state index in [4.69, 9.17) is 0 Å². The number of ketones is 1. The summed E-state index contributed by atoms with van der Waals surface area (Å²) < 4.78 is 11.4. The third-order valence-electron chi connectivity index (χ3n) is 0.485. The molecule has 1 radical (unpaired) electrons. The number of hydrogen-bond acceptors (Lipinski definition) is 1. The van der Waals surface area contributed by atoms with Crippen molar-refractivity contribution in [1.29, 1.82) is 0 Å². The lowest BCUT2D eigenvalue weighted by Crippen LogP contribution is -1.94. The van der Waals surface area contributed by atoms with Crippen molar-refractivity contribution < 1.29 is 9.18 Å². The molecule has 35 valence electrons. The van der Waals surface area contributed by atoms with Crippen molar-refractivity contribution >= 4 is 5.78 Å². The number of hydrogen-bond donors (Lipinski definition) is 0. The van der Waals surface area contributed by atoms with Crippen LogP contribution in [0.4, 0.5) is 4.39 Å². The van der Waals surface area contributed by atoms with E-state index in [1.165, 1.54) is 6.92 Å². The second-order valence-corrected chi connectivity index (χ2v) is 1.09. The summed E-state index contributed by atoms with van der Waals surface area (Å²) in [5, 5.41) is 0. The Kier molecular flexibility index (Phi) is 1.77. The second-order valence-electron chi connectivity index (χ2n) is 1.09. The number of carbonyl (C=O) groups is 1. The van der Waals surface area contributed by atoms with Gasteiger partial charge in [-0.1, -0.05) is 0 Å². The fourth-order valence-electron chi connectivity index (χ4n) is 0. The highest BCUT2D eigenvalue weighted by Gasteiger charge is 2.02. The molecule has 0 heterocycles. The number of halogens is 1. The molecule has 0 atom stereocenters. The van der Waals surface area contributed by atoms with Crippen molar-refractivity contribution in [3.05, 3.63) is 6.17 Å². The normalized spacial score (nSPS) is 9.33. The summed E-state index contributed by atoms with van der Waals surface area (Å²) in [6, 6.07) is 0. The van der Waals surface area contributed by atoms with E-state index in [9.17, 15) is 9.18 Å². The monoisotopic (exact) mass is 89.0 g/mol. The van der Waals surface area contributed by atoms with Crippen LogP contribution in [-0.2, 0) is 4.79 Å². The van der Waals surface area contributed by atoms with E-state index in [2.05, 4.69) is 0 Å². The first-order valence-corrected chi connectivity index (χ1v) is 1.64. The van der Waals surface area contributed by atoms with E-state index >= 15 is 0 Å². The van der Waals surface area contributed by atoms with Crippen molar-refractivity contribution in [2.24, 2.45) is 0 Å². The lowest BCUT2D eigenvalue weighted by Gasteiger charge is -1.84. The van der Waals surface area contributed by atoms with Crippen LogP contribution in [0.15, 0.2) is 0 Å². The summed E-state index contributed by atoms with van der Waals surface area (Å²) in [6.07, 6.45) is -0.630. The van der Waals surface area contributed by atoms with Crippen LogP contribution < -0.4 is 0 Å². The highest BCUT2D eigenvalue weighted by atomic mass is 19.1. The van der Waals surface area contributed by atoms with Gasteiger partial charge in [0.25, 0.3) is 0 Å². The predicted octanol–water partition coefficient (Wildman–Crippen LogP) is 1.10. The summed E-state index contributed by atoms with van der Waals surface area (Å²) in [7, 11) is 0. The van der Waals surface area contributed by atoms with Gasteiger partial charge in [-0.3, -0.25) is 4.79 Å². The second kappa shape index (κ2) is 1.90. The van der Waals surface area contributed by atoms with Gasteiger partial charge in [-0.25, -0.2) is 4.39 Å². The minimum Gasteiger partial charge on any atom is -0.296 e. The van der Waals surface area contributed by atoms with E-state index in [1.54, 1.807) is 0 Å². The van der Waals surface area contributed by atoms with Gasteiger partial charge in [-0.2, -0.15) is 0 Å². The van der Waals surface area contributed by atoms with Crippen LogP contribution in [0.3, 0.4) is 0 Å². The van der Waals surface area contributed by atoms with Gasteiger partial charge in [0.1, 0.15) is 0 Å². The first kappa shape index (κ1) is 5.60. The SMILES string of the molecule is C[C](F)C(C)=O. The zero-order chi connectivity index (χ0) is 5.15. The van der Waals surface area contributed by atoms with Gasteiger partial charge in [0, 0.05) is 0 Å². The Morgan fingerprint density at radius 2 is 1.67 bits per heavy atom. The third kappa shape index (κ3) is 1.88. The smallest absolute Gasteiger partial charge is 0.206 e. The van der Waals surface area contributed by atoms with Gasteiger partial charge in [-0.15, -0.1) is 0 Å². The standard InChI is InChI=1S/C4H6FO/c1-3(5)4(2)6/h1-2H3. The quantitative estimate of drug-likeness (QED) is 0.470. The molecule has 0 aliphatic carbocycles. The fourth-order valence-corrected chi connectivity index (χ4v) is 0. The van der Waals surface area contributed by atoms with Gasteiger partial charge in [0.2, 0.25) is 6.17 Å². The average molecular weight is 89.1 g/mol. The van der Waals surface area contributed by atoms with Crippen molar-refractivity contribution in [3.63, 3.8) is 0 Å². The van der Waals surface area contributed by atoms with Gasteiger partial charge < -0.3 is 0 Å². The van der Waals surface area contributed by atoms with Crippen LogP contribution in [0.5, 0.6) is 0 Å². The molecule has 1 nitrogen and oxygen atoms in total. The number of carbonyl (C=O) groups excluding carboxylic acids is 1. The van der Waals surface area contributed by atoms with Gasteiger partial charge >= 0.3 is 0 Å². The molecule has 0 aliphatic rings. The highest BCUT2D eigenvalue weighted by Crippen LogP contribution is 1.97. The lowest BCUT2D eigenvalue weighted by molar-refractivity contribution is -0.117. The van der Waals surface area contributed by atoms with Crippen molar-refractivity contribution in [1.82, 2.24) is 0 Å². The van der Waals surface area contributed by atoms with Gasteiger partial charge in [0.05, 0.1) is 0 Å². The summed E-state index contributed by atoms with van der Waals surface area (Å²) >= 11 is 0. The Bertz CT molecular complexity index is 58.6. The third-order valence-corrected chi connectivity index (χ3v) is 0.485. The highest BCUT2D eigenvalue weighted by molar-refractivity contribution is 5.86. The molecule has 0 amide bonds. The molecule has 0 aromatic carbocycles. The Labute approximate surface area is 36.2 Å². The molecule has 0 saturated heterocycles. The molecular formula is C4H6FO. The number of Topliss-reactive ketones (excluding diaryl/α,β-unsaturated/α-hetero) is 1. The Morgan fingerprint density at radius 3 is 1.67 bits per heavy atom. The molecule has 0 aliphatic heterocycles. The lowest BCUT2D eigenvalue weighted by atomic mass is 10.3. The molecule has 0 N–H and O–H groups in total. The molecule has 0 rings (SSSR count). The molecular weight excluding hydrogens is 83.0 g/mol. The van der Waals surface area contributed by atoms with Crippen LogP contribution in [0.1, 0.15) is 13.8 Å². The zero-order valence-corrected chi connectivity index (χ0v) is 3.79. The molecule has 0 aromatic heterocycles. The van der Waals surface area contributed by atoms with Gasteiger partial charge in [-0.05, 0) is 13.8 Å². The van der Waals surface area contributed by atoms with E-state index < -0.39 is 12.0 Å². The molecule has 2 heteroatoms. The molecule has 0 unspecified atom stereocenters. The van der Waals surface area contributed by atoms with E-state index in [0.717, 1.165) is 6.92 Å². The maximum Gasteiger partial charge on any atom is 0.206 e. The van der Waals surface area contributed by atoms with E-state index in [0.29, 0.717) is 0 Å². The van der Waals surface area contributed by atoms with Crippen molar-refractivity contribution in [2.45, 2.75) is 13.8 Å². The predicted molar refractivity (Wildman–Crippen MR) is 20.7 cm³/mol. The number of rotatable bonds is 1. The van der Waals surface area contributed by atoms with Crippen LogP contribution in [-0.4, -0.2) is 5.78 Å². The molecule has 0 fully saturated rings. The van der Waals surface area contributed by atoms with Crippen LogP contribution in [0.25, 0.3) is 0 Å². The summed E-state index contributed by atoms with van der Waals surface area (Å²) in [5.41, 5.74) is 0.